The maximum atomic E-state index is 12.9. The SMILES string of the molecule is CC(=O)N1c2ccc(S(=O)(=O)N3CCCC3)cc2CC1C(=O)NCc1cccc(C)c1. The molecule has 2 aromatic rings. The van der Waals surface area contributed by atoms with Gasteiger partial charge in [0.05, 0.1) is 4.90 Å². The number of amides is 2. The van der Waals surface area contributed by atoms with Crippen LogP contribution in [0.15, 0.2) is 47.4 Å². The van der Waals surface area contributed by atoms with Crippen molar-refractivity contribution in [2.24, 2.45) is 0 Å². The predicted molar refractivity (Wildman–Crippen MR) is 118 cm³/mol. The second kappa shape index (κ2) is 8.43. The molecule has 1 unspecified atom stereocenters. The molecule has 1 atom stereocenters. The molecule has 2 aliphatic heterocycles. The Hall–Kier alpha value is -2.71. The standard InChI is InChI=1S/C23H27N3O4S/c1-16-6-5-7-18(12-16)15-24-23(28)22-14-19-13-20(8-9-21(19)26(22)17(2)27)31(29,30)25-10-3-4-11-25/h5-9,12-13,22H,3-4,10-11,14-15H2,1-2H3,(H,24,28). The zero-order chi connectivity index (χ0) is 22.2. The van der Waals surface area contributed by atoms with Gasteiger partial charge in [0.1, 0.15) is 6.04 Å². The van der Waals surface area contributed by atoms with E-state index in [1.807, 2.05) is 31.2 Å². The van der Waals surface area contributed by atoms with Gasteiger partial charge in [-0.1, -0.05) is 29.8 Å². The third-order valence-electron chi connectivity index (χ3n) is 5.93. The molecule has 0 radical (unpaired) electrons. The highest BCUT2D eigenvalue weighted by Gasteiger charge is 2.38. The molecule has 1 fully saturated rings. The van der Waals surface area contributed by atoms with Gasteiger partial charge in [-0.05, 0) is 49.1 Å². The van der Waals surface area contributed by atoms with Gasteiger partial charge in [0.2, 0.25) is 21.8 Å². The molecule has 2 aromatic carbocycles. The third-order valence-corrected chi connectivity index (χ3v) is 7.82. The van der Waals surface area contributed by atoms with Crippen molar-refractivity contribution >= 4 is 27.5 Å². The Labute approximate surface area is 183 Å². The second-order valence-electron chi connectivity index (χ2n) is 8.22. The number of rotatable bonds is 5. The van der Waals surface area contributed by atoms with Crippen LogP contribution in [0.3, 0.4) is 0 Å². The van der Waals surface area contributed by atoms with Gasteiger partial charge in [-0.3, -0.25) is 14.5 Å². The van der Waals surface area contributed by atoms with Gasteiger partial charge in [0, 0.05) is 38.7 Å². The van der Waals surface area contributed by atoms with Crippen LogP contribution in [0.25, 0.3) is 0 Å². The predicted octanol–water partition coefficient (Wildman–Crippen LogP) is 2.37. The molecule has 1 saturated heterocycles. The first kappa shape index (κ1) is 21.5. The molecular formula is C23H27N3O4S. The van der Waals surface area contributed by atoms with Gasteiger partial charge in [-0.2, -0.15) is 4.31 Å². The van der Waals surface area contributed by atoms with Gasteiger partial charge in [0.25, 0.3) is 0 Å². The van der Waals surface area contributed by atoms with Crippen molar-refractivity contribution in [2.45, 2.75) is 50.6 Å². The largest absolute Gasteiger partial charge is 0.350 e. The minimum atomic E-state index is -3.56. The number of carbonyl (C=O) groups excluding carboxylic acids is 2. The van der Waals surface area contributed by atoms with Crippen molar-refractivity contribution in [1.82, 2.24) is 9.62 Å². The van der Waals surface area contributed by atoms with Crippen molar-refractivity contribution in [1.29, 1.82) is 0 Å². The van der Waals surface area contributed by atoms with Crippen molar-refractivity contribution in [3.8, 4) is 0 Å². The van der Waals surface area contributed by atoms with Gasteiger partial charge >= 0.3 is 0 Å². The lowest BCUT2D eigenvalue weighted by Crippen LogP contribution is -2.47. The summed E-state index contributed by atoms with van der Waals surface area (Å²) in [5, 5.41) is 2.92. The number of anilines is 1. The maximum Gasteiger partial charge on any atom is 0.243 e. The first-order valence-corrected chi connectivity index (χ1v) is 12.0. The molecule has 0 aromatic heterocycles. The summed E-state index contributed by atoms with van der Waals surface area (Å²) in [6, 6.07) is 12.0. The van der Waals surface area contributed by atoms with Crippen LogP contribution in [-0.4, -0.2) is 43.7 Å². The van der Waals surface area contributed by atoms with E-state index >= 15 is 0 Å². The quantitative estimate of drug-likeness (QED) is 0.772. The van der Waals surface area contributed by atoms with Crippen molar-refractivity contribution in [3.63, 3.8) is 0 Å². The molecule has 0 aliphatic carbocycles. The lowest BCUT2D eigenvalue weighted by Gasteiger charge is -2.23. The van der Waals surface area contributed by atoms with Crippen LogP contribution >= 0.6 is 0 Å². The molecular weight excluding hydrogens is 414 g/mol. The van der Waals surface area contributed by atoms with Crippen molar-refractivity contribution < 1.29 is 18.0 Å². The van der Waals surface area contributed by atoms with Crippen molar-refractivity contribution in [3.05, 3.63) is 59.2 Å². The molecule has 2 aliphatic rings. The number of carbonyl (C=O) groups is 2. The fourth-order valence-corrected chi connectivity index (χ4v) is 5.96. The zero-order valence-electron chi connectivity index (χ0n) is 17.8. The lowest BCUT2D eigenvalue weighted by atomic mass is 10.1. The second-order valence-corrected chi connectivity index (χ2v) is 10.2. The minimum absolute atomic E-state index is 0.220. The number of hydrogen-bond acceptors (Lipinski definition) is 4. The van der Waals surface area contributed by atoms with Crippen LogP contribution in [0.5, 0.6) is 0 Å². The molecule has 8 heteroatoms. The number of sulfonamides is 1. The van der Waals surface area contributed by atoms with E-state index in [2.05, 4.69) is 5.32 Å². The summed E-state index contributed by atoms with van der Waals surface area (Å²) >= 11 is 0. The normalized spacial score (nSPS) is 18.8. The Morgan fingerprint density at radius 1 is 1.10 bits per heavy atom. The van der Waals surface area contributed by atoms with Crippen LogP contribution in [0.1, 0.15) is 36.5 Å². The monoisotopic (exact) mass is 441 g/mol. The van der Waals surface area contributed by atoms with E-state index in [-0.39, 0.29) is 23.1 Å². The number of aryl methyl sites for hydroxylation is 1. The number of nitrogens with zero attached hydrogens (tertiary/aromatic N) is 2. The fourth-order valence-electron chi connectivity index (χ4n) is 4.39. The molecule has 164 valence electrons. The summed E-state index contributed by atoms with van der Waals surface area (Å²) in [4.78, 5) is 27.0. The summed E-state index contributed by atoms with van der Waals surface area (Å²) in [5.41, 5.74) is 3.39. The van der Waals surface area contributed by atoms with E-state index in [1.54, 1.807) is 12.1 Å². The smallest absolute Gasteiger partial charge is 0.243 e. The number of fused-ring (bicyclic) bond motifs is 1. The Balaban J connectivity index is 1.55. The molecule has 0 bridgehead atoms. The minimum Gasteiger partial charge on any atom is -0.350 e. The molecule has 1 N–H and O–H groups in total. The van der Waals surface area contributed by atoms with E-state index < -0.39 is 16.1 Å². The van der Waals surface area contributed by atoms with E-state index in [0.29, 0.717) is 30.9 Å². The number of hydrogen-bond donors (Lipinski definition) is 1. The molecule has 7 nitrogen and oxygen atoms in total. The summed E-state index contributed by atoms with van der Waals surface area (Å²) in [6.07, 6.45) is 2.02. The number of benzene rings is 2. The highest BCUT2D eigenvalue weighted by molar-refractivity contribution is 7.89. The lowest BCUT2D eigenvalue weighted by molar-refractivity contribution is -0.125. The van der Waals surface area contributed by atoms with E-state index in [1.165, 1.54) is 22.2 Å². The van der Waals surface area contributed by atoms with Gasteiger partial charge in [-0.25, -0.2) is 8.42 Å². The van der Waals surface area contributed by atoms with Crippen LogP contribution in [-0.2, 0) is 32.6 Å². The van der Waals surface area contributed by atoms with E-state index in [0.717, 1.165) is 24.0 Å². The van der Waals surface area contributed by atoms with E-state index in [9.17, 15) is 18.0 Å². The Morgan fingerprint density at radius 3 is 2.52 bits per heavy atom. The Morgan fingerprint density at radius 2 is 1.84 bits per heavy atom. The molecule has 2 heterocycles. The Kier molecular flexibility index (Phi) is 5.85. The first-order valence-electron chi connectivity index (χ1n) is 10.5. The van der Waals surface area contributed by atoms with Crippen molar-refractivity contribution in [2.75, 3.05) is 18.0 Å². The Bertz CT molecular complexity index is 1120. The fraction of sp³-hybridized carbons (Fsp3) is 0.391. The molecule has 31 heavy (non-hydrogen) atoms. The van der Waals surface area contributed by atoms with Gasteiger partial charge < -0.3 is 5.32 Å². The molecule has 4 rings (SSSR count). The maximum absolute atomic E-state index is 12.9. The molecule has 0 saturated carbocycles. The molecule has 0 spiro atoms. The van der Waals surface area contributed by atoms with Gasteiger partial charge in [0.15, 0.2) is 0 Å². The first-order chi connectivity index (χ1) is 14.8. The summed E-state index contributed by atoms with van der Waals surface area (Å²) in [6.45, 7) is 4.84. The van der Waals surface area contributed by atoms with Crippen LogP contribution < -0.4 is 10.2 Å². The number of nitrogens with one attached hydrogen (secondary N) is 1. The third kappa shape index (κ3) is 4.22. The molecule has 2 amide bonds. The summed E-state index contributed by atoms with van der Waals surface area (Å²) in [7, 11) is -3.56. The van der Waals surface area contributed by atoms with Gasteiger partial charge in [-0.15, -0.1) is 0 Å². The van der Waals surface area contributed by atoms with E-state index in [4.69, 9.17) is 0 Å². The zero-order valence-corrected chi connectivity index (χ0v) is 18.6. The average molecular weight is 442 g/mol. The van der Waals surface area contributed by atoms with Crippen LogP contribution in [0, 0.1) is 6.92 Å². The highest BCUT2D eigenvalue weighted by Crippen LogP contribution is 2.35. The highest BCUT2D eigenvalue weighted by atomic mass is 32.2. The average Bonchev–Trinajstić information content (AvgIpc) is 3.40. The summed E-state index contributed by atoms with van der Waals surface area (Å²) in [5.74, 6) is -0.499. The topological polar surface area (TPSA) is 86.8 Å². The summed E-state index contributed by atoms with van der Waals surface area (Å²) < 4.78 is 27.3. The van der Waals surface area contributed by atoms with Crippen LogP contribution in [0.2, 0.25) is 0 Å². The van der Waals surface area contributed by atoms with Crippen LogP contribution in [0.4, 0.5) is 5.69 Å².